The molecule has 0 N–H and O–H groups in total. The smallest absolute Gasteiger partial charge is 0.135 e. The van der Waals surface area contributed by atoms with Crippen LogP contribution in [0.15, 0.2) is 0 Å². The van der Waals surface area contributed by atoms with Gasteiger partial charge < -0.3 is 4.74 Å². The first-order chi connectivity index (χ1) is 7.02. The molecule has 3 heteroatoms. The predicted octanol–water partition coefficient (Wildman–Crippen LogP) is 3.45. The van der Waals surface area contributed by atoms with Crippen LogP contribution in [-0.4, -0.2) is 29.8 Å². The molecule has 1 aliphatic heterocycles. The minimum Gasteiger partial charge on any atom is -0.341 e. The van der Waals surface area contributed by atoms with Gasteiger partial charge in [-0.05, 0) is 38.6 Å². The molecule has 90 valence electrons. The van der Waals surface area contributed by atoms with E-state index in [4.69, 9.17) is 16.3 Å². The van der Waals surface area contributed by atoms with Crippen molar-refractivity contribution in [2.45, 2.75) is 57.7 Å². The molecule has 1 aliphatic rings. The molecule has 1 heterocycles. The topological polar surface area (TPSA) is 12.5 Å². The molecule has 2 unspecified atom stereocenters. The Morgan fingerprint density at radius 3 is 2.53 bits per heavy atom. The maximum atomic E-state index is 6.23. The monoisotopic (exact) mass is 233 g/mol. The lowest BCUT2D eigenvalue weighted by Gasteiger charge is -2.46. The molecule has 0 spiro atoms. The summed E-state index contributed by atoms with van der Waals surface area (Å²) in [5.74, 6) is 0.366. The summed E-state index contributed by atoms with van der Waals surface area (Å²) in [7, 11) is 2.15. The quantitative estimate of drug-likeness (QED) is 0.690. The molecule has 0 radical (unpaired) electrons. The molecule has 0 saturated carbocycles. The third-order valence-electron chi connectivity index (χ3n) is 3.42. The van der Waals surface area contributed by atoms with Gasteiger partial charge >= 0.3 is 0 Å². The van der Waals surface area contributed by atoms with Gasteiger partial charge in [-0.15, -0.1) is 0 Å². The largest absolute Gasteiger partial charge is 0.341 e. The van der Waals surface area contributed by atoms with E-state index in [0.29, 0.717) is 5.92 Å². The molecule has 1 saturated heterocycles. The number of hydrogen-bond acceptors (Lipinski definition) is 2. The van der Waals surface area contributed by atoms with Gasteiger partial charge in [0, 0.05) is 6.54 Å². The second-order valence-corrected chi connectivity index (χ2v) is 5.32. The molecule has 0 aromatic rings. The van der Waals surface area contributed by atoms with Crippen LogP contribution >= 0.6 is 11.6 Å². The fourth-order valence-electron chi connectivity index (χ4n) is 2.17. The van der Waals surface area contributed by atoms with E-state index in [0.717, 1.165) is 19.4 Å². The van der Waals surface area contributed by atoms with E-state index in [1.807, 2.05) is 0 Å². The summed E-state index contributed by atoms with van der Waals surface area (Å²) < 4.78 is 6.09. The molecule has 2 nitrogen and oxygen atoms in total. The Labute approximate surface area is 98.9 Å². The Bertz CT molecular complexity index is 198. The number of ether oxygens (including phenoxy) is 1. The second kappa shape index (κ2) is 5.51. The Kier molecular flexibility index (Phi) is 4.88. The van der Waals surface area contributed by atoms with Gasteiger partial charge in [-0.3, -0.25) is 4.90 Å². The van der Waals surface area contributed by atoms with Crippen LogP contribution in [0.25, 0.3) is 0 Å². The SMILES string of the molecule is CCC1(OC(Cl)C(C)C)CCCCN1C. The van der Waals surface area contributed by atoms with E-state index in [-0.39, 0.29) is 11.3 Å². The van der Waals surface area contributed by atoms with Crippen molar-refractivity contribution in [1.29, 1.82) is 0 Å². The lowest BCUT2D eigenvalue weighted by molar-refractivity contribution is -0.185. The van der Waals surface area contributed by atoms with Gasteiger partial charge in [0.15, 0.2) is 0 Å². The molecule has 1 fully saturated rings. The molecule has 0 amide bonds. The minimum absolute atomic E-state index is 0.116. The summed E-state index contributed by atoms with van der Waals surface area (Å²) in [6, 6.07) is 0. The van der Waals surface area contributed by atoms with Crippen molar-refractivity contribution in [1.82, 2.24) is 4.90 Å². The first-order valence-electron chi connectivity index (χ1n) is 6.05. The maximum absolute atomic E-state index is 6.23. The third kappa shape index (κ3) is 3.08. The lowest BCUT2D eigenvalue weighted by atomic mass is 9.96. The molecule has 2 atom stereocenters. The molecule has 0 aromatic heterocycles. The molecule has 0 aromatic carbocycles. The van der Waals surface area contributed by atoms with Gasteiger partial charge in [-0.25, -0.2) is 0 Å². The highest BCUT2D eigenvalue weighted by Gasteiger charge is 2.38. The fraction of sp³-hybridized carbons (Fsp3) is 1.00. The van der Waals surface area contributed by atoms with Gasteiger partial charge in [0.25, 0.3) is 0 Å². The number of nitrogens with zero attached hydrogens (tertiary/aromatic N) is 1. The van der Waals surface area contributed by atoms with Crippen molar-refractivity contribution in [3.05, 3.63) is 0 Å². The summed E-state index contributed by atoms with van der Waals surface area (Å²) in [5.41, 5.74) is -0.292. The van der Waals surface area contributed by atoms with Crippen LogP contribution in [0.1, 0.15) is 46.5 Å². The van der Waals surface area contributed by atoms with Gasteiger partial charge in [-0.2, -0.15) is 0 Å². The summed E-state index contributed by atoms with van der Waals surface area (Å²) in [5, 5.41) is 0. The number of piperidine rings is 1. The zero-order valence-corrected chi connectivity index (χ0v) is 11.2. The highest BCUT2D eigenvalue weighted by molar-refractivity contribution is 6.19. The first-order valence-corrected chi connectivity index (χ1v) is 6.48. The van der Waals surface area contributed by atoms with E-state index >= 15 is 0 Å². The fourth-order valence-corrected chi connectivity index (χ4v) is 2.34. The van der Waals surface area contributed by atoms with Crippen molar-refractivity contribution in [3.63, 3.8) is 0 Å². The Hall–Kier alpha value is 0.210. The highest BCUT2D eigenvalue weighted by atomic mass is 35.5. The van der Waals surface area contributed by atoms with Gasteiger partial charge in [-0.1, -0.05) is 32.4 Å². The van der Waals surface area contributed by atoms with Crippen molar-refractivity contribution in [2.24, 2.45) is 5.92 Å². The number of halogens is 1. The van der Waals surface area contributed by atoms with Crippen LogP contribution in [0, 0.1) is 5.92 Å². The van der Waals surface area contributed by atoms with E-state index in [1.165, 1.54) is 12.8 Å². The predicted molar refractivity (Wildman–Crippen MR) is 65.1 cm³/mol. The zero-order chi connectivity index (χ0) is 11.5. The van der Waals surface area contributed by atoms with Crippen LogP contribution in [-0.2, 0) is 4.74 Å². The van der Waals surface area contributed by atoms with Crippen molar-refractivity contribution >= 4 is 11.6 Å². The standard InChI is InChI=1S/C12H24ClNO/c1-5-12(15-11(13)10(2)3)8-6-7-9-14(12)4/h10-11H,5-9H2,1-4H3. The van der Waals surface area contributed by atoms with Crippen LogP contribution in [0.4, 0.5) is 0 Å². The van der Waals surface area contributed by atoms with Crippen LogP contribution in [0.5, 0.6) is 0 Å². The lowest BCUT2D eigenvalue weighted by Crippen LogP contribution is -2.52. The average Bonchev–Trinajstić information content (AvgIpc) is 2.21. The van der Waals surface area contributed by atoms with E-state index < -0.39 is 0 Å². The molecular formula is C12H24ClNO. The molecule has 15 heavy (non-hydrogen) atoms. The minimum atomic E-state index is -0.175. The molecule has 1 rings (SSSR count). The second-order valence-electron chi connectivity index (χ2n) is 4.89. The van der Waals surface area contributed by atoms with Crippen LogP contribution in [0.2, 0.25) is 0 Å². The molecular weight excluding hydrogens is 210 g/mol. The van der Waals surface area contributed by atoms with Crippen molar-refractivity contribution in [2.75, 3.05) is 13.6 Å². The number of alkyl halides is 1. The zero-order valence-electron chi connectivity index (χ0n) is 10.4. The van der Waals surface area contributed by atoms with E-state index in [1.54, 1.807) is 0 Å². The van der Waals surface area contributed by atoms with E-state index in [2.05, 4.69) is 32.7 Å². The van der Waals surface area contributed by atoms with Gasteiger partial charge in [0.05, 0.1) is 0 Å². The van der Waals surface area contributed by atoms with Crippen molar-refractivity contribution < 1.29 is 4.74 Å². The summed E-state index contributed by atoms with van der Waals surface area (Å²) in [4.78, 5) is 2.33. The Morgan fingerprint density at radius 1 is 1.40 bits per heavy atom. The summed E-state index contributed by atoms with van der Waals surface area (Å²) in [6.45, 7) is 7.51. The average molecular weight is 234 g/mol. The normalized spacial score (nSPS) is 30.8. The molecule has 0 bridgehead atoms. The summed E-state index contributed by atoms with van der Waals surface area (Å²) >= 11 is 6.23. The maximum Gasteiger partial charge on any atom is 0.135 e. The number of likely N-dealkylation sites (tertiary alicyclic amines) is 1. The highest BCUT2D eigenvalue weighted by Crippen LogP contribution is 2.34. The van der Waals surface area contributed by atoms with Crippen LogP contribution < -0.4 is 0 Å². The van der Waals surface area contributed by atoms with Crippen molar-refractivity contribution in [3.8, 4) is 0 Å². The van der Waals surface area contributed by atoms with Gasteiger partial charge in [0.1, 0.15) is 11.3 Å². The Morgan fingerprint density at radius 2 is 2.07 bits per heavy atom. The number of hydrogen-bond donors (Lipinski definition) is 0. The third-order valence-corrected chi connectivity index (χ3v) is 4.01. The van der Waals surface area contributed by atoms with E-state index in [9.17, 15) is 0 Å². The first kappa shape index (κ1) is 13.3. The Balaban J connectivity index is 2.66. The van der Waals surface area contributed by atoms with Crippen LogP contribution in [0.3, 0.4) is 0 Å². The number of rotatable bonds is 4. The summed E-state index contributed by atoms with van der Waals surface area (Å²) in [6.07, 6.45) is 4.64. The molecule has 0 aliphatic carbocycles. The van der Waals surface area contributed by atoms with Gasteiger partial charge in [0.2, 0.25) is 0 Å².